The zero-order valence-electron chi connectivity index (χ0n) is 20.7. The van der Waals surface area contributed by atoms with Gasteiger partial charge in [0.25, 0.3) is 0 Å². The van der Waals surface area contributed by atoms with Crippen LogP contribution in [0.5, 0.6) is 0 Å². The minimum absolute atomic E-state index is 0.0566. The molecule has 0 spiro atoms. The maximum absolute atomic E-state index is 13.0. The number of hydrogen-bond acceptors (Lipinski definition) is 5. The molecule has 3 aromatic carbocycles. The van der Waals surface area contributed by atoms with Crippen molar-refractivity contribution in [3.63, 3.8) is 0 Å². The van der Waals surface area contributed by atoms with E-state index in [0.717, 1.165) is 11.1 Å². The molecule has 3 aromatic rings. The summed E-state index contributed by atoms with van der Waals surface area (Å²) in [5.74, 6) is -1.35. The lowest BCUT2D eigenvalue weighted by atomic mass is 9.98. The van der Waals surface area contributed by atoms with E-state index in [4.69, 9.17) is 5.26 Å². The molecule has 0 saturated carbocycles. The van der Waals surface area contributed by atoms with Crippen molar-refractivity contribution in [3.05, 3.63) is 102 Å². The largest absolute Gasteiger partial charge is 0.346 e. The molecule has 37 heavy (non-hydrogen) atoms. The van der Waals surface area contributed by atoms with Crippen LogP contribution < -0.4 is 15.4 Å². The number of nitriles is 1. The predicted octanol–water partition coefficient (Wildman–Crippen LogP) is 3.27. The van der Waals surface area contributed by atoms with Crippen molar-refractivity contribution in [2.24, 2.45) is 5.92 Å². The maximum atomic E-state index is 13.0. The quantitative estimate of drug-likeness (QED) is 0.359. The third kappa shape index (κ3) is 7.49. The normalized spacial score (nSPS) is 12.8. The Bertz CT molecular complexity index is 1300. The van der Waals surface area contributed by atoms with Gasteiger partial charge < -0.3 is 10.6 Å². The summed E-state index contributed by atoms with van der Waals surface area (Å²) in [6, 6.07) is 24.8. The van der Waals surface area contributed by atoms with Crippen LogP contribution >= 0.6 is 0 Å². The highest BCUT2D eigenvalue weighted by Crippen LogP contribution is 2.21. The maximum Gasteiger partial charge on any atom is 0.241 e. The Kier molecular flexibility index (Phi) is 9.55. The summed E-state index contributed by atoms with van der Waals surface area (Å²) in [5.41, 5.74) is 2.10. The molecular formula is C28H30N4O4S. The van der Waals surface area contributed by atoms with Crippen molar-refractivity contribution >= 4 is 21.8 Å². The molecule has 0 heterocycles. The predicted molar refractivity (Wildman–Crippen MR) is 141 cm³/mol. The van der Waals surface area contributed by atoms with Crippen LogP contribution in [0.25, 0.3) is 0 Å². The first kappa shape index (κ1) is 27.6. The smallest absolute Gasteiger partial charge is 0.241 e. The van der Waals surface area contributed by atoms with E-state index in [1.807, 2.05) is 73.7 Å². The summed E-state index contributed by atoms with van der Waals surface area (Å²) in [7, 11) is -4.04. The van der Waals surface area contributed by atoms with Gasteiger partial charge in [0.2, 0.25) is 21.8 Å². The summed E-state index contributed by atoms with van der Waals surface area (Å²) in [6.45, 7) is 3.28. The summed E-state index contributed by atoms with van der Waals surface area (Å²) in [5, 5.41) is 14.5. The molecule has 0 fully saturated rings. The highest BCUT2D eigenvalue weighted by Gasteiger charge is 2.30. The molecule has 3 N–H and O–H groups in total. The molecular weight excluding hydrogens is 488 g/mol. The van der Waals surface area contributed by atoms with Crippen molar-refractivity contribution in [2.45, 2.75) is 37.2 Å². The van der Waals surface area contributed by atoms with E-state index in [1.165, 1.54) is 24.3 Å². The molecule has 8 nitrogen and oxygen atoms in total. The lowest BCUT2D eigenvalue weighted by molar-refractivity contribution is -0.128. The first-order valence-electron chi connectivity index (χ1n) is 11.9. The van der Waals surface area contributed by atoms with Gasteiger partial charge in [-0.25, -0.2) is 8.42 Å². The molecule has 192 valence electrons. The van der Waals surface area contributed by atoms with Crippen LogP contribution in [0.15, 0.2) is 89.8 Å². The fraction of sp³-hybridized carbons (Fsp3) is 0.250. The van der Waals surface area contributed by atoms with E-state index in [9.17, 15) is 18.0 Å². The first-order valence-corrected chi connectivity index (χ1v) is 13.4. The average molecular weight is 519 g/mol. The molecule has 0 aliphatic carbocycles. The molecule has 0 aromatic heterocycles. The summed E-state index contributed by atoms with van der Waals surface area (Å²) >= 11 is 0. The van der Waals surface area contributed by atoms with E-state index in [2.05, 4.69) is 15.4 Å². The van der Waals surface area contributed by atoms with E-state index >= 15 is 0 Å². The molecule has 2 atom stereocenters. The molecule has 2 amide bonds. The van der Waals surface area contributed by atoms with Gasteiger partial charge in [-0.2, -0.15) is 9.98 Å². The van der Waals surface area contributed by atoms with E-state index in [-0.39, 0.29) is 17.4 Å². The van der Waals surface area contributed by atoms with Gasteiger partial charge in [-0.05, 0) is 41.3 Å². The zero-order chi connectivity index (χ0) is 26.8. The Labute approximate surface area is 217 Å². The van der Waals surface area contributed by atoms with Crippen LogP contribution in [0.2, 0.25) is 0 Å². The van der Waals surface area contributed by atoms with Gasteiger partial charge in [-0.15, -0.1) is 0 Å². The van der Waals surface area contributed by atoms with Gasteiger partial charge in [0, 0.05) is 0 Å². The SMILES string of the molecule is CCC(C)C(NS(=O)(=O)c1ccc(C#N)cc1)C(=O)NCC(=O)NC(c1ccccc1)c1ccccc1. The van der Waals surface area contributed by atoms with Gasteiger partial charge in [-0.3, -0.25) is 9.59 Å². The molecule has 0 saturated heterocycles. The first-order chi connectivity index (χ1) is 17.7. The van der Waals surface area contributed by atoms with Crippen molar-refractivity contribution in [1.82, 2.24) is 15.4 Å². The van der Waals surface area contributed by atoms with Crippen molar-refractivity contribution in [3.8, 4) is 6.07 Å². The van der Waals surface area contributed by atoms with Crippen molar-refractivity contribution in [1.29, 1.82) is 5.26 Å². The van der Waals surface area contributed by atoms with Gasteiger partial charge >= 0.3 is 0 Å². The second kappa shape index (κ2) is 12.8. The van der Waals surface area contributed by atoms with Crippen molar-refractivity contribution < 1.29 is 18.0 Å². The molecule has 0 aliphatic rings. The monoisotopic (exact) mass is 518 g/mol. The third-order valence-corrected chi connectivity index (χ3v) is 7.52. The zero-order valence-corrected chi connectivity index (χ0v) is 21.5. The second-order valence-corrected chi connectivity index (χ2v) is 10.4. The molecule has 2 unspecified atom stereocenters. The second-order valence-electron chi connectivity index (χ2n) is 8.66. The molecule has 0 bridgehead atoms. The Morgan fingerprint density at radius 2 is 1.43 bits per heavy atom. The van der Waals surface area contributed by atoms with Crippen molar-refractivity contribution in [2.75, 3.05) is 6.54 Å². The fourth-order valence-corrected chi connectivity index (χ4v) is 5.05. The molecule has 9 heteroatoms. The fourth-order valence-electron chi connectivity index (χ4n) is 3.75. The van der Waals surface area contributed by atoms with Crippen LogP contribution in [0, 0.1) is 17.2 Å². The topological polar surface area (TPSA) is 128 Å². The summed E-state index contributed by atoms with van der Waals surface area (Å²) in [4.78, 5) is 25.8. The lowest BCUT2D eigenvalue weighted by Gasteiger charge is -2.24. The number of hydrogen-bond donors (Lipinski definition) is 3. The standard InChI is InChI=1S/C28H30N4O4S/c1-3-20(2)26(32-37(35,36)24-16-14-21(18-29)15-17-24)28(34)30-19-25(33)31-27(22-10-6-4-7-11-22)23-12-8-5-9-13-23/h4-17,20,26-27,32H,3,19H2,1-2H3,(H,30,34)(H,31,33). The molecule has 3 rings (SSSR count). The summed E-state index contributed by atoms with van der Waals surface area (Å²) in [6.07, 6.45) is 0.532. The Hall–Kier alpha value is -4.00. The number of carbonyl (C=O) groups is 2. The van der Waals surface area contributed by atoms with E-state index in [0.29, 0.717) is 12.0 Å². The van der Waals surface area contributed by atoms with Crippen LogP contribution in [-0.4, -0.2) is 32.8 Å². The minimum Gasteiger partial charge on any atom is -0.346 e. The van der Waals surface area contributed by atoms with Gasteiger partial charge in [-0.1, -0.05) is 80.9 Å². The number of benzene rings is 3. The number of rotatable bonds is 11. The Balaban J connectivity index is 1.70. The van der Waals surface area contributed by atoms with E-state index < -0.39 is 33.9 Å². The highest BCUT2D eigenvalue weighted by atomic mass is 32.2. The lowest BCUT2D eigenvalue weighted by Crippen LogP contribution is -2.52. The molecule has 0 radical (unpaired) electrons. The highest BCUT2D eigenvalue weighted by molar-refractivity contribution is 7.89. The number of nitrogens with zero attached hydrogens (tertiary/aromatic N) is 1. The molecule has 0 aliphatic heterocycles. The Morgan fingerprint density at radius 1 is 0.892 bits per heavy atom. The minimum atomic E-state index is -4.04. The number of amides is 2. The van der Waals surface area contributed by atoms with Gasteiger partial charge in [0.15, 0.2) is 0 Å². The average Bonchev–Trinajstić information content (AvgIpc) is 2.94. The van der Waals surface area contributed by atoms with Gasteiger partial charge in [0.1, 0.15) is 6.04 Å². The van der Waals surface area contributed by atoms with E-state index in [1.54, 1.807) is 6.92 Å². The number of sulfonamides is 1. The van der Waals surface area contributed by atoms with Crippen LogP contribution in [0.4, 0.5) is 0 Å². The van der Waals surface area contributed by atoms with Crippen LogP contribution in [0.3, 0.4) is 0 Å². The summed E-state index contributed by atoms with van der Waals surface area (Å²) < 4.78 is 28.3. The van der Waals surface area contributed by atoms with Crippen LogP contribution in [0.1, 0.15) is 43.0 Å². The van der Waals surface area contributed by atoms with Gasteiger partial charge in [0.05, 0.1) is 29.1 Å². The van der Waals surface area contributed by atoms with Crippen LogP contribution in [-0.2, 0) is 19.6 Å². The Morgan fingerprint density at radius 3 is 1.92 bits per heavy atom. The number of nitrogens with one attached hydrogen (secondary N) is 3. The third-order valence-electron chi connectivity index (χ3n) is 6.07. The number of carbonyl (C=O) groups excluding carboxylic acids is 2.